The van der Waals surface area contributed by atoms with Crippen LogP contribution in [0.2, 0.25) is 0 Å². The fourth-order valence-corrected chi connectivity index (χ4v) is 2.32. The van der Waals surface area contributed by atoms with Gasteiger partial charge in [0, 0.05) is 19.2 Å². The number of likely N-dealkylation sites (tertiary alicyclic amines) is 1. The Bertz CT molecular complexity index is 429. The van der Waals surface area contributed by atoms with Gasteiger partial charge in [0.15, 0.2) is 5.69 Å². The number of nitrogens with zero attached hydrogens (tertiary/aromatic N) is 2. The first-order valence-electron chi connectivity index (χ1n) is 5.91. The molecule has 1 aromatic heterocycles. The standard InChI is InChI=1S/C12H16N2O4/c1-8-7-14(5-3-9(8)12(16)17-2)11(15)10-4-6-18-13-10/h4,6,8-9H,3,5,7H2,1-2H3/t8-,9-/m1/s1. The Morgan fingerprint density at radius 2 is 2.33 bits per heavy atom. The quantitative estimate of drug-likeness (QED) is 0.732. The van der Waals surface area contributed by atoms with Crippen LogP contribution < -0.4 is 0 Å². The molecule has 6 heteroatoms. The Balaban J connectivity index is 2.00. The second-order valence-corrected chi connectivity index (χ2v) is 4.53. The van der Waals surface area contributed by atoms with E-state index in [0.717, 1.165) is 0 Å². The molecule has 1 aliphatic heterocycles. The first kappa shape index (κ1) is 12.6. The van der Waals surface area contributed by atoms with Gasteiger partial charge < -0.3 is 14.2 Å². The fourth-order valence-electron chi connectivity index (χ4n) is 2.32. The Morgan fingerprint density at radius 1 is 1.56 bits per heavy atom. The molecular weight excluding hydrogens is 236 g/mol. The van der Waals surface area contributed by atoms with E-state index in [1.165, 1.54) is 13.4 Å². The summed E-state index contributed by atoms with van der Waals surface area (Å²) in [4.78, 5) is 25.3. The number of rotatable bonds is 2. The van der Waals surface area contributed by atoms with Crippen molar-refractivity contribution in [3.8, 4) is 0 Å². The van der Waals surface area contributed by atoms with Crippen molar-refractivity contribution in [1.82, 2.24) is 10.1 Å². The number of hydrogen-bond acceptors (Lipinski definition) is 5. The van der Waals surface area contributed by atoms with Gasteiger partial charge in [0.05, 0.1) is 13.0 Å². The van der Waals surface area contributed by atoms with Crippen LogP contribution in [-0.4, -0.2) is 42.1 Å². The van der Waals surface area contributed by atoms with Gasteiger partial charge in [-0.1, -0.05) is 12.1 Å². The zero-order valence-corrected chi connectivity index (χ0v) is 10.5. The normalized spacial score (nSPS) is 23.8. The zero-order valence-electron chi connectivity index (χ0n) is 10.5. The number of amides is 1. The molecule has 1 amide bonds. The first-order chi connectivity index (χ1) is 8.63. The topological polar surface area (TPSA) is 72.6 Å². The number of methoxy groups -OCH3 is 1. The highest BCUT2D eigenvalue weighted by Crippen LogP contribution is 2.25. The smallest absolute Gasteiger partial charge is 0.309 e. The van der Waals surface area contributed by atoms with Crippen molar-refractivity contribution < 1.29 is 18.8 Å². The number of ether oxygens (including phenoxy) is 1. The van der Waals surface area contributed by atoms with Gasteiger partial charge in [-0.05, 0) is 12.3 Å². The largest absolute Gasteiger partial charge is 0.469 e. The molecule has 98 valence electrons. The van der Waals surface area contributed by atoms with E-state index in [4.69, 9.17) is 4.74 Å². The maximum atomic E-state index is 12.0. The van der Waals surface area contributed by atoms with Gasteiger partial charge in [0.1, 0.15) is 6.26 Å². The summed E-state index contributed by atoms with van der Waals surface area (Å²) in [6.07, 6.45) is 2.00. The number of piperidine rings is 1. The van der Waals surface area contributed by atoms with Crippen LogP contribution in [0.1, 0.15) is 23.8 Å². The Kier molecular flexibility index (Phi) is 3.64. The Morgan fingerprint density at radius 3 is 2.89 bits per heavy atom. The molecule has 1 saturated heterocycles. The predicted molar refractivity (Wildman–Crippen MR) is 61.7 cm³/mol. The minimum atomic E-state index is -0.198. The molecule has 0 N–H and O–H groups in total. The molecule has 1 fully saturated rings. The predicted octanol–water partition coefficient (Wildman–Crippen LogP) is 0.946. The monoisotopic (exact) mass is 252 g/mol. The fraction of sp³-hybridized carbons (Fsp3) is 0.583. The number of aromatic nitrogens is 1. The lowest BCUT2D eigenvalue weighted by atomic mass is 9.87. The summed E-state index contributed by atoms with van der Waals surface area (Å²) in [5, 5.41) is 3.63. The van der Waals surface area contributed by atoms with E-state index >= 15 is 0 Å². The van der Waals surface area contributed by atoms with Crippen LogP contribution in [-0.2, 0) is 9.53 Å². The van der Waals surface area contributed by atoms with Crippen LogP contribution in [0.25, 0.3) is 0 Å². The number of carbonyl (C=O) groups excluding carboxylic acids is 2. The van der Waals surface area contributed by atoms with Crippen molar-refractivity contribution in [2.45, 2.75) is 13.3 Å². The molecular formula is C12H16N2O4. The summed E-state index contributed by atoms with van der Waals surface area (Å²) in [6.45, 7) is 3.02. The minimum Gasteiger partial charge on any atom is -0.469 e. The lowest BCUT2D eigenvalue weighted by molar-refractivity contribution is -0.148. The molecule has 0 saturated carbocycles. The molecule has 0 spiro atoms. The maximum Gasteiger partial charge on any atom is 0.309 e. The zero-order chi connectivity index (χ0) is 13.1. The number of hydrogen-bond donors (Lipinski definition) is 0. The van der Waals surface area contributed by atoms with Gasteiger partial charge in [0.2, 0.25) is 0 Å². The van der Waals surface area contributed by atoms with Crippen LogP contribution in [0.15, 0.2) is 16.9 Å². The van der Waals surface area contributed by atoms with E-state index in [1.54, 1.807) is 11.0 Å². The Hall–Kier alpha value is -1.85. The summed E-state index contributed by atoms with van der Waals surface area (Å²) in [6, 6.07) is 1.54. The molecule has 6 nitrogen and oxygen atoms in total. The van der Waals surface area contributed by atoms with Crippen LogP contribution in [0, 0.1) is 11.8 Å². The lowest BCUT2D eigenvalue weighted by Crippen LogP contribution is -2.45. The Labute approximate surface area is 105 Å². The summed E-state index contributed by atoms with van der Waals surface area (Å²) in [7, 11) is 1.39. The minimum absolute atomic E-state index is 0.0852. The first-order valence-corrected chi connectivity index (χ1v) is 5.91. The molecule has 2 atom stereocenters. The van der Waals surface area contributed by atoms with Crippen LogP contribution in [0.3, 0.4) is 0 Å². The van der Waals surface area contributed by atoms with Crippen molar-refractivity contribution in [3.63, 3.8) is 0 Å². The molecule has 0 aromatic carbocycles. The van der Waals surface area contributed by atoms with E-state index in [-0.39, 0.29) is 23.7 Å². The van der Waals surface area contributed by atoms with E-state index in [0.29, 0.717) is 25.2 Å². The third-order valence-corrected chi connectivity index (χ3v) is 3.35. The van der Waals surface area contributed by atoms with Crippen molar-refractivity contribution in [3.05, 3.63) is 18.0 Å². The molecule has 1 aromatic rings. The van der Waals surface area contributed by atoms with Crippen molar-refractivity contribution >= 4 is 11.9 Å². The van der Waals surface area contributed by atoms with E-state index in [1.807, 2.05) is 6.92 Å². The molecule has 18 heavy (non-hydrogen) atoms. The molecule has 2 heterocycles. The van der Waals surface area contributed by atoms with Gasteiger partial charge >= 0.3 is 5.97 Å². The van der Waals surface area contributed by atoms with Crippen molar-refractivity contribution in [2.24, 2.45) is 11.8 Å². The summed E-state index contributed by atoms with van der Waals surface area (Å²) >= 11 is 0. The number of esters is 1. The second kappa shape index (κ2) is 5.20. The molecule has 0 aliphatic carbocycles. The summed E-state index contributed by atoms with van der Waals surface area (Å²) in [5.74, 6) is -0.395. The second-order valence-electron chi connectivity index (χ2n) is 4.53. The van der Waals surface area contributed by atoms with E-state index < -0.39 is 0 Å². The molecule has 0 bridgehead atoms. The van der Waals surface area contributed by atoms with Crippen LogP contribution in [0.5, 0.6) is 0 Å². The average molecular weight is 252 g/mol. The van der Waals surface area contributed by atoms with Crippen molar-refractivity contribution in [1.29, 1.82) is 0 Å². The highest BCUT2D eigenvalue weighted by molar-refractivity contribution is 5.92. The summed E-state index contributed by atoms with van der Waals surface area (Å²) < 4.78 is 9.42. The third-order valence-electron chi connectivity index (χ3n) is 3.35. The lowest BCUT2D eigenvalue weighted by Gasteiger charge is -2.35. The van der Waals surface area contributed by atoms with Gasteiger partial charge in [-0.3, -0.25) is 9.59 Å². The molecule has 1 aliphatic rings. The summed E-state index contributed by atoms with van der Waals surface area (Å²) in [5.41, 5.74) is 0.304. The number of carbonyl (C=O) groups is 2. The third kappa shape index (κ3) is 2.37. The highest BCUT2D eigenvalue weighted by atomic mass is 16.5. The average Bonchev–Trinajstić information content (AvgIpc) is 2.90. The molecule has 2 rings (SSSR count). The maximum absolute atomic E-state index is 12.0. The van der Waals surface area contributed by atoms with Crippen molar-refractivity contribution in [2.75, 3.05) is 20.2 Å². The van der Waals surface area contributed by atoms with Gasteiger partial charge in [-0.25, -0.2) is 0 Å². The van der Waals surface area contributed by atoms with Gasteiger partial charge in [-0.15, -0.1) is 0 Å². The molecule has 0 radical (unpaired) electrons. The highest BCUT2D eigenvalue weighted by Gasteiger charge is 2.34. The SMILES string of the molecule is COC(=O)[C@@H]1CCN(C(=O)c2ccon2)C[C@H]1C. The van der Waals surface area contributed by atoms with Crippen LogP contribution in [0.4, 0.5) is 0 Å². The van der Waals surface area contributed by atoms with E-state index in [9.17, 15) is 9.59 Å². The van der Waals surface area contributed by atoms with E-state index in [2.05, 4.69) is 9.68 Å². The van der Waals surface area contributed by atoms with Gasteiger partial charge in [-0.2, -0.15) is 0 Å². The van der Waals surface area contributed by atoms with Crippen LogP contribution >= 0.6 is 0 Å². The molecule has 0 unspecified atom stereocenters. The van der Waals surface area contributed by atoms with Gasteiger partial charge in [0.25, 0.3) is 5.91 Å².